The highest BCUT2D eigenvalue weighted by molar-refractivity contribution is 7.11. The van der Waals surface area contributed by atoms with Gasteiger partial charge in [-0.05, 0) is 18.6 Å². The Kier molecular flexibility index (Phi) is 3.23. The molecule has 2 heterocycles. The number of amides is 1. The molecule has 0 saturated carbocycles. The summed E-state index contributed by atoms with van der Waals surface area (Å²) >= 11 is 1.73. The zero-order chi connectivity index (χ0) is 10.7. The normalized spacial score (nSPS) is 20.9. The monoisotopic (exact) mass is 226 g/mol. The van der Waals surface area contributed by atoms with Gasteiger partial charge in [0, 0.05) is 28.8 Å². The smallest absolute Gasteiger partial charge is 0.407 e. The molecule has 1 atom stereocenters. The average Bonchev–Trinajstić information content (AvgIpc) is 2.69. The van der Waals surface area contributed by atoms with Crippen LogP contribution in [-0.2, 0) is 17.7 Å². The molecule has 0 spiro atoms. The first-order valence-corrected chi connectivity index (χ1v) is 5.78. The van der Waals surface area contributed by atoms with Gasteiger partial charge in [0.2, 0.25) is 0 Å². The molecular weight excluding hydrogens is 212 g/mol. The van der Waals surface area contributed by atoms with Gasteiger partial charge in [-0.1, -0.05) is 0 Å². The number of nitrogens with one attached hydrogen (secondary N) is 1. The van der Waals surface area contributed by atoms with Gasteiger partial charge in [-0.15, -0.1) is 11.3 Å². The molecule has 82 valence electrons. The van der Waals surface area contributed by atoms with E-state index >= 15 is 0 Å². The number of rotatable bonds is 3. The Balaban J connectivity index is 1.88. The Morgan fingerprint density at radius 1 is 1.53 bits per heavy atom. The predicted molar refractivity (Wildman–Crippen MR) is 58.8 cm³/mol. The van der Waals surface area contributed by atoms with E-state index in [4.69, 9.17) is 10.5 Å². The van der Waals surface area contributed by atoms with Gasteiger partial charge >= 0.3 is 6.09 Å². The van der Waals surface area contributed by atoms with Crippen molar-refractivity contribution in [1.82, 2.24) is 5.32 Å². The van der Waals surface area contributed by atoms with Crippen molar-refractivity contribution in [3.8, 4) is 0 Å². The molecule has 1 unspecified atom stereocenters. The van der Waals surface area contributed by atoms with E-state index in [0.717, 1.165) is 6.42 Å². The average molecular weight is 226 g/mol. The predicted octanol–water partition coefficient (Wildman–Crippen LogP) is 1.11. The van der Waals surface area contributed by atoms with Crippen LogP contribution in [0.2, 0.25) is 0 Å². The van der Waals surface area contributed by atoms with Gasteiger partial charge in [0.05, 0.1) is 6.61 Å². The van der Waals surface area contributed by atoms with E-state index in [1.165, 1.54) is 9.75 Å². The molecule has 1 aliphatic heterocycles. The van der Waals surface area contributed by atoms with Crippen molar-refractivity contribution in [3.05, 3.63) is 21.9 Å². The molecule has 0 bridgehead atoms. The first kappa shape index (κ1) is 10.4. The summed E-state index contributed by atoms with van der Waals surface area (Å²) in [7, 11) is 0. The molecule has 3 N–H and O–H groups in total. The van der Waals surface area contributed by atoms with Gasteiger partial charge < -0.3 is 15.8 Å². The lowest BCUT2D eigenvalue weighted by Crippen LogP contribution is -2.39. The van der Waals surface area contributed by atoms with Crippen LogP contribution in [0.4, 0.5) is 4.79 Å². The van der Waals surface area contributed by atoms with E-state index in [9.17, 15) is 4.79 Å². The van der Waals surface area contributed by atoms with Crippen molar-refractivity contribution in [2.75, 3.05) is 13.2 Å². The van der Waals surface area contributed by atoms with Gasteiger partial charge in [-0.2, -0.15) is 0 Å². The van der Waals surface area contributed by atoms with Crippen molar-refractivity contribution >= 4 is 17.4 Å². The minimum absolute atomic E-state index is 0.305. The highest BCUT2D eigenvalue weighted by atomic mass is 32.1. The molecule has 0 aliphatic carbocycles. The first-order valence-electron chi connectivity index (χ1n) is 4.96. The van der Waals surface area contributed by atoms with Crippen LogP contribution in [0.1, 0.15) is 9.75 Å². The second-order valence-corrected chi connectivity index (χ2v) is 4.87. The second kappa shape index (κ2) is 4.63. The molecule has 15 heavy (non-hydrogen) atoms. The number of thiophene rings is 1. The summed E-state index contributed by atoms with van der Waals surface area (Å²) in [5.74, 6) is 0.381. The maximum atomic E-state index is 10.8. The lowest BCUT2D eigenvalue weighted by atomic mass is 10.1. The van der Waals surface area contributed by atoms with E-state index < -0.39 is 0 Å². The fraction of sp³-hybridized carbons (Fsp3) is 0.500. The third-order valence-corrected chi connectivity index (χ3v) is 3.52. The third-order valence-electron chi connectivity index (χ3n) is 2.39. The fourth-order valence-electron chi connectivity index (χ4n) is 1.59. The SMILES string of the molecule is NCc1ccc(CC2CNC(=O)OC2)s1. The number of hydrogen-bond donors (Lipinski definition) is 2. The largest absolute Gasteiger partial charge is 0.449 e. The molecule has 1 aromatic rings. The molecule has 4 nitrogen and oxygen atoms in total. The lowest BCUT2D eigenvalue weighted by molar-refractivity contribution is 0.103. The first-order chi connectivity index (χ1) is 7.28. The Morgan fingerprint density at radius 3 is 2.93 bits per heavy atom. The summed E-state index contributed by atoms with van der Waals surface area (Å²) < 4.78 is 4.93. The number of alkyl carbamates (subject to hydrolysis) is 1. The number of hydrogen-bond acceptors (Lipinski definition) is 4. The standard InChI is InChI=1S/C10H14N2O2S/c11-4-9-2-1-8(15-9)3-7-5-12-10(13)14-6-7/h1-2,7H,3-6,11H2,(H,12,13). The van der Waals surface area contributed by atoms with Gasteiger partial charge in [-0.3, -0.25) is 0 Å². The molecule has 1 saturated heterocycles. The van der Waals surface area contributed by atoms with Crippen molar-refractivity contribution in [3.63, 3.8) is 0 Å². The Labute approximate surface area is 92.4 Å². The number of carbonyl (C=O) groups is 1. The van der Waals surface area contributed by atoms with Gasteiger partial charge in [0.1, 0.15) is 0 Å². The van der Waals surface area contributed by atoms with E-state index in [0.29, 0.717) is 25.6 Å². The van der Waals surface area contributed by atoms with E-state index in [-0.39, 0.29) is 6.09 Å². The van der Waals surface area contributed by atoms with Crippen LogP contribution in [0.3, 0.4) is 0 Å². The summed E-state index contributed by atoms with van der Waals surface area (Å²) in [6, 6.07) is 4.16. The number of carbonyl (C=O) groups excluding carboxylic acids is 1. The molecule has 5 heteroatoms. The second-order valence-electron chi connectivity index (χ2n) is 3.62. The van der Waals surface area contributed by atoms with E-state index in [1.807, 2.05) is 0 Å². The Morgan fingerprint density at radius 2 is 2.33 bits per heavy atom. The maximum Gasteiger partial charge on any atom is 0.407 e. The molecule has 1 aliphatic rings. The highest BCUT2D eigenvalue weighted by Gasteiger charge is 2.19. The van der Waals surface area contributed by atoms with Gasteiger partial charge in [-0.25, -0.2) is 4.79 Å². The van der Waals surface area contributed by atoms with Gasteiger partial charge in [0.15, 0.2) is 0 Å². The topological polar surface area (TPSA) is 64.3 Å². The van der Waals surface area contributed by atoms with Crippen LogP contribution in [-0.4, -0.2) is 19.2 Å². The molecule has 0 radical (unpaired) electrons. The maximum absolute atomic E-state index is 10.8. The fourth-order valence-corrected chi connectivity index (χ4v) is 2.60. The molecule has 2 rings (SSSR count). The number of nitrogens with two attached hydrogens (primary N) is 1. The van der Waals surface area contributed by atoms with E-state index in [1.54, 1.807) is 11.3 Å². The zero-order valence-electron chi connectivity index (χ0n) is 8.36. The number of cyclic esters (lactones) is 1. The van der Waals surface area contributed by atoms with Crippen LogP contribution in [0.5, 0.6) is 0 Å². The molecule has 1 aromatic heterocycles. The van der Waals surface area contributed by atoms with Crippen LogP contribution in [0.25, 0.3) is 0 Å². The summed E-state index contributed by atoms with van der Waals surface area (Å²) in [6.45, 7) is 1.82. The minimum Gasteiger partial charge on any atom is -0.449 e. The summed E-state index contributed by atoms with van der Waals surface area (Å²) in [5.41, 5.74) is 5.54. The van der Waals surface area contributed by atoms with Crippen LogP contribution in [0, 0.1) is 5.92 Å². The van der Waals surface area contributed by atoms with Crippen molar-refractivity contribution < 1.29 is 9.53 Å². The molecule has 1 amide bonds. The summed E-state index contributed by atoms with van der Waals surface area (Å²) in [5, 5.41) is 2.69. The van der Waals surface area contributed by atoms with Crippen molar-refractivity contribution in [2.45, 2.75) is 13.0 Å². The zero-order valence-corrected chi connectivity index (χ0v) is 9.18. The Hall–Kier alpha value is -1.07. The quantitative estimate of drug-likeness (QED) is 0.811. The third kappa shape index (κ3) is 2.70. The van der Waals surface area contributed by atoms with Crippen molar-refractivity contribution in [2.24, 2.45) is 11.7 Å². The molecule has 1 fully saturated rings. The van der Waals surface area contributed by atoms with E-state index in [2.05, 4.69) is 17.4 Å². The summed E-state index contributed by atoms with van der Waals surface area (Å²) in [6.07, 6.45) is 0.644. The van der Waals surface area contributed by atoms with Gasteiger partial charge in [0.25, 0.3) is 0 Å². The summed E-state index contributed by atoms with van der Waals surface area (Å²) in [4.78, 5) is 13.3. The van der Waals surface area contributed by atoms with Crippen LogP contribution >= 0.6 is 11.3 Å². The van der Waals surface area contributed by atoms with Crippen LogP contribution in [0.15, 0.2) is 12.1 Å². The highest BCUT2D eigenvalue weighted by Crippen LogP contribution is 2.20. The lowest BCUT2D eigenvalue weighted by Gasteiger charge is -2.21. The molecular formula is C10H14N2O2S. The molecule has 0 aromatic carbocycles. The van der Waals surface area contributed by atoms with Crippen molar-refractivity contribution in [1.29, 1.82) is 0 Å². The Bertz CT molecular complexity index is 341. The van der Waals surface area contributed by atoms with Crippen LogP contribution < -0.4 is 11.1 Å². The minimum atomic E-state index is -0.305. The number of ether oxygens (including phenoxy) is 1.